The first-order valence-electron chi connectivity index (χ1n) is 6.24. The highest BCUT2D eigenvalue weighted by molar-refractivity contribution is 7.14. The van der Waals surface area contributed by atoms with Gasteiger partial charge in [0.2, 0.25) is 5.06 Å². The van der Waals surface area contributed by atoms with E-state index < -0.39 is 0 Å². The molecule has 0 aliphatic heterocycles. The van der Waals surface area contributed by atoms with Crippen LogP contribution in [0.5, 0.6) is 10.8 Å². The summed E-state index contributed by atoms with van der Waals surface area (Å²) < 4.78 is 5.91. The molecular weight excluding hydrogens is 304 g/mol. The molecule has 0 atom stereocenters. The number of halogens is 1. The molecule has 5 heteroatoms. The summed E-state index contributed by atoms with van der Waals surface area (Å²) in [4.78, 5) is 8.48. The summed E-state index contributed by atoms with van der Waals surface area (Å²) >= 11 is 7.32. The zero-order valence-electron chi connectivity index (χ0n) is 11.0. The number of pyridine rings is 1. The minimum absolute atomic E-state index is 0.391. The van der Waals surface area contributed by atoms with Gasteiger partial charge in [0, 0.05) is 17.8 Å². The van der Waals surface area contributed by atoms with Crippen molar-refractivity contribution in [2.45, 2.75) is 0 Å². The Morgan fingerprint density at radius 1 is 1.19 bits per heavy atom. The van der Waals surface area contributed by atoms with E-state index in [9.17, 15) is 0 Å². The summed E-state index contributed by atoms with van der Waals surface area (Å²) in [7, 11) is 0. The van der Waals surface area contributed by atoms with Gasteiger partial charge >= 0.3 is 0 Å². The number of rotatable bonds is 4. The van der Waals surface area contributed by atoms with E-state index in [0.29, 0.717) is 16.0 Å². The largest absolute Gasteiger partial charge is 0.444 e. The minimum atomic E-state index is 0.391. The monoisotopic (exact) mass is 314 g/mol. The molecule has 2 heterocycles. The molecule has 0 aliphatic carbocycles. The van der Waals surface area contributed by atoms with Gasteiger partial charge in [-0.1, -0.05) is 59.8 Å². The molecule has 3 aromatic rings. The highest BCUT2D eigenvalue weighted by atomic mass is 35.5. The first-order valence-corrected chi connectivity index (χ1v) is 7.44. The molecule has 3 nitrogen and oxygen atoms in total. The molecule has 104 valence electrons. The molecule has 0 N–H and O–H groups in total. The summed E-state index contributed by atoms with van der Waals surface area (Å²) in [5.74, 6) is 0.631. The summed E-state index contributed by atoms with van der Waals surface area (Å²) in [6, 6.07) is 13.3. The molecule has 2 aromatic heterocycles. The molecule has 0 saturated carbocycles. The van der Waals surface area contributed by atoms with Crippen molar-refractivity contribution in [3.63, 3.8) is 0 Å². The highest BCUT2D eigenvalue weighted by Gasteiger charge is 2.14. The second kappa shape index (κ2) is 6.08. The molecule has 0 unspecified atom stereocenters. The molecule has 3 rings (SSSR count). The molecular formula is C16H11ClN2OS. The van der Waals surface area contributed by atoms with Gasteiger partial charge in [-0.25, -0.2) is 9.97 Å². The topological polar surface area (TPSA) is 35.0 Å². The van der Waals surface area contributed by atoms with Crippen LogP contribution in [0.25, 0.3) is 17.3 Å². The number of hydrogen-bond donors (Lipinski definition) is 0. The lowest BCUT2D eigenvalue weighted by atomic mass is 10.2. The first kappa shape index (κ1) is 13.8. The van der Waals surface area contributed by atoms with Crippen LogP contribution in [0.4, 0.5) is 0 Å². The summed E-state index contributed by atoms with van der Waals surface area (Å²) in [5.41, 5.74) is 1.79. The van der Waals surface area contributed by atoms with Crippen LogP contribution in [-0.2, 0) is 0 Å². The van der Waals surface area contributed by atoms with E-state index in [1.807, 2.05) is 30.3 Å². The Hall–Kier alpha value is -2.17. The van der Waals surface area contributed by atoms with Crippen molar-refractivity contribution in [2.75, 3.05) is 0 Å². The Bertz CT molecular complexity index is 771. The third-order valence-electron chi connectivity index (χ3n) is 2.74. The lowest BCUT2D eigenvalue weighted by Crippen LogP contribution is -1.86. The SMILES string of the molecule is C=Cc1nc(-c2ccccc2)c(Oc2ccnc(Cl)c2)s1. The Labute approximate surface area is 131 Å². The molecule has 0 radical (unpaired) electrons. The summed E-state index contributed by atoms with van der Waals surface area (Å²) in [6.45, 7) is 3.76. The Morgan fingerprint density at radius 2 is 2.00 bits per heavy atom. The lowest BCUT2D eigenvalue weighted by Gasteiger charge is -2.05. The van der Waals surface area contributed by atoms with E-state index in [-0.39, 0.29) is 0 Å². The van der Waals surface area contributed by atoms with Crippen LogP contribution in [0, 0.1) is 0 Å². The van der Waals surface area contributed by atoms with Crippen LogP contribution in [0.2, 0.25) is 5.15 Å². The van der Waals surface area contributed by atoms with E-state index in [0.717, 1.165) is 16.3 Å². The quantitative estimate of drug-likeness (QED) is 0.613. The van der Waals surface area contributed by atoms with Crippen molar-refractivity contribution in [2.24, 2.45) is 0 Å². The van der Waals surface area contributed by atoms with E-state index in [1.54, 1.807) is 24.4 Å². The molecule has 0 spiro atoms. The number of hydrogen-bond acceptors (Lipinski definition) is 4. The predicted octanol–water partition coefficient (Wildman–Crippen LogP) is 5.29. The number of aromatic nitrogens is 2. The van der Waals surface area contributed by atoms with Gasteiger partial charge in [0.05, 0.1) is 0 Å². The van der Waals surface area contributed by atoms with Gasteiger partial charge in [-0.05, 0) is 12.1 Å². The number of ether oxygens (including phenoxy) is 1. The normalized spacial score (nSPS) is 10.3. The maximum Gasteiger partial charge on any atom is 0.209 e. The Kier molecular flexibility index (Phi) is 3.99. The third kappa shape index (κ3) is 3.12. The molecule has 0 saturated heterocycles. The average molecular weight is 315 g/mol. The van der Waals surface area contributed by atoms with Gasteiger partial charge in [0.15, 0.2) is 0 Å². The molecule has 1 aromatic carbocycles. The van der Waals surface area contributed by atoms with Crippen LogP contribution < -0.4 is 4.74 Å². The molecule has 0 amide bonds. The number of thiazole rings is 1. The van der Waals surface area contributed by atoms with E-state index >= 15 is 0 Å². The van der Waals surface area contributed by atoms with Crippen molar-refractivity contribution in [3.8, 4) is 22.1 Å². The van der Waals surface area contributed by atoms with Crippen LogP contribution in [0.3, 0.4) is 0 Å². The maximum atomic E-state index is 5.91. The van der Waals surface area contributed by atoms with Gasteiger partial charge < -0.3 is 4.74 Å². The van der Waals surface area contributed by atoms with Crippen LogP contribution >= 0.6 is 22.9 Å². The van der Waals surface area contributed by atoms with Crippen molar-refractivity contribution in [3.05, 3.63) is 65.4 Å². The summed E-state index contributed by atoms with van der Waals surface area (Å²) in [6.07, 6.45) is 3.32. The number of benzene rings is 1. The van der Waals surface area contributed by atoms with Crippen LogP contribution in [0.15, 0.2) is 55.2 Å². The standard InChI is InChI=1S/C16H11ClN2OS/c1-2-14-19-15(11-6-4-3-5-7-11)16(21-14)20-12-8-9-18-13(17)10-12/h2-10H,1H2. The maximum absolute atomic E-state index is 5.91. The second-order valence-corrected chi connectivity index (χ2v) is 5.56. The Balaban J connectivity index is 2.01. The highest BCUT2D eigenvalue weighted by Crippen LogP contribution is 2.38. The lowest BCUT2D eigenvalue weighted by molar-refractivity contribution is 0.496. The van der Waals surface area contributed by atoms with Crippen molar-refractivity contribution in [1.29, 1.82) is 0 Å². The fourth-order valence-electron chi connectivity index (χ4n) is 1.81. The fraction of sp³-hybridized carbons (Fsp3) is 0. The third-order valence-corrected chi connectivity index (χ3v) is 3.88. The number of nitrogens with zero attached hydrogens (tertiary/aromatic N) is 2. The zero-order valence-corrected chi connectivity index (χ0v) is 12.6. The molecule has 0 fully saturated rings. The van der Waals surface area contributed by atoms with E-state index in [1.165, 1.54) is 11.3 Å². The fourth-order valence-corrected chi connectivity index (χ4v) is 2.78. The van der Waals surface area contributed by atoms with Crippen molar-refractivity contribution in [1.82, 2.24) is 9.97 Å². The van der Waals surface area contributed by atoms with Crippen molar-refractivity contribution >= 4 is 29.0 Å². The van der Waals surface area contributed by atoms with Gasteiger partial charge in [-0.15, -0.1) is 0 Å². The summed E-state index contributed by atoms with van der Waals surface area (Å²) in [5, 5.41) is 1.91. The molecule has 0 aliphatic rings. The average Bonchev–Trinajstić information content (AvgIpc) is 2.91. The van der Waals surface area contributed by atoms with E-state index in [4.69, 9.17) is 16.3 Å². The Morgan fingerprint density at radius 3 is 2.71 bits per heavy atom. The van der Waals surface area contributed by atoms with E-state index in [2.05, 4.69) is 16.5 Å². The zero-order chi connectivity index (χ0) is 14.7. The van der Waals surface area contributed by atoms with Gasteiger partial charge in [0.1, 0.15) is 21.6 Å². The minimum Gasteiger partial charge on any atom is -0.444 e. The first-order chi connectivity index (χ1) is 10.3. The van der Waals surface area contributed by atoms with Crippen LogP contribution in [0.1, 0.15) is 5.01 Å². The predicted molar refractivity (Wildman–Crippen MR) is 87.0 cm³/mol. The smallest absolute Gasteiger partial charge is 0.209 e. The molecule has 21 heavy (non-hydrogen) atoms. The second-order valence-electron chi connectivity index (χ2n) is 4.17. The van der Waals surface area contributed by atoms with Gasteiger partial charge in [0.25, 0.3) is 0 Å². The van der Waals surface area contributed by atoms with Crippen molar-refractivity contribution < 1.29 is 4.74 Å². The molecule has 0 bridgehead atoms. The van der Waals surface area contributed by atoms with Gasteiger partial charge in [-0.3, -0.25) is 0 Å². The van der Waals surface area contributed by atoms with Crippen LogP contribution in [-0.4, -0.2) is 9.97 Å². The van der Waals surface area contributed by atoms with Gasteiger partial charge in [-0.2, -0.15) is 0 Å².